The number of hydrogen-bond donors (Lipinski definition) is 0. The quantitative estimate of drug-likeness (QED) is 0.204. The Bertz CT molecular complexity index is 201. The molecule has 0 spiro atoms. The minimum atomic E-state index is -0.756. The molecule has 0 aliphatic carbocycles. The van der Waals surface area contributed by atoms with Crippen molar-refractivity contribution >= 4 is 11.9 Å². The van der Waals surface area contributed by atoms with E-state index in [1.165, 1.54) is 6.92 Å². The summed E-state index contributed by atoms with van der Waals surface area (Å²) in [6.07, 6.45) is 0.918. The summed E-state index contributed by atoms with van der Waals surface area (Å²) in [6, 6.07) is 0. The Morgan fingerprint density at radius 2 is 2.00 bits per heavy atom. The monoisotopic (exact) mass is 164 g/mol. The molecular weight excluding hydrogens is 155 g/mol. The zero-order chi connectivity index (χ0) is 8.15. The fourth-order valence-electron chi connectivity index (χ4n) is 0.220. The average molecular weight is 164 g/mol. The van der Waals surface area contributed by atoms with Gasteiger partial charge in [-0.25, -0.2) is 9.59 Å². The maximum absolute atomic E-state index is 10.5. The van der Waals surface area contributed by atoms with E-state index < -0.39 is 11.9 Å². The standard InChI is InChI=1S/C7H8O3.Na.H/c1-4-6(8)10-7(9)5(2)3;;/h4H,1-2H2,3H3;;/q;+1;-1. The normalized spacial score (nSPS) is 7.36. The third kappa shape index (κ3) is 6.04. The fourth-order valence-corrected chi connectivity index (χ4v) is 0.220. The van der Waals surface area contributed by atoms with Crippen LogP contribution in [0.5, 0.6) is 0 Å². The van der Waals surface area contributed by atoms with E-state index in [0.717, 1.165) is 6.08 Å². The molecular formula is C7H9NaO3. The van der Waals surface area contributed by atoms with Gasteiger partial charge in [0.1, 0.15) is 0 Å². The molecule has 0 aliphatic heterocycles. The second kappa shape index (κ2) is 6.34. The number of carbonyl (C=O) groups is 2. The van der Waals surface area contributed by atoms with Crippen LogP contribution in [0.25, 0.3) is 0 Å². The Labute approximate surface area is 88.9 Å². The van der Waals surface area contributed by atoms with Crippen LogP contribution >= 0.6 is 0 Å². The van der Waals surface area contributed by atoms with Gasteiger partial charge in [-0.15, -0.1) is 0 Å². The van der Waals surface area contributed by atoms with Crippen LogP contribution in [0.1, 0.15) is 8.35 Å². The van der Waals surface area contributed by atoms with Crippen LogP contribution in [-0.2, 0) is 14.3 Å². The average Bonchev–Trinajstić information content (AvgIpc) is 1.87. The first-order chi connectivity index (χ1) is 4.57. The summed E-state index contributed by atoms with van der Waals surface area (Å²) in [5.74, 6) is -1.47. The Hall–Kier alpha value is -0.380. The zero-order valence-electron chi connectivity index (χ0n) is 7.72. The van der Waals surface area contributed by atoms with Crippen molar-refractivity contribution in [3.05, 3.63) is 24.8 Å². The molecule has 0 bridgehead atoms. The van der Waals surface area contributed by atoms with Gasteiger partial charge < -0.3 is 6.16 Å². The number of carbonyl (C=O) groups excluding carboxylic acids is 2. The molecule has 0 aliphatic rings. The van der Waals surface area contributed by atoms with Crippen molar-refractivity contribution < 1.29 is 45.3 Å². The SMILES string of the molecule is C=CC(=O)OC(=O)C(=C)C.[H-].[Na+]. The van der Waals surface area contributed by atoms with Gasteiger partial charge in [0.05, 0.1) is 0 Å². The maximum atomic E-state index is 10.5. The van der Waals surface area contributed by atoms with Crippen LogP contribution in [0, 0.1) is 0 Å². The molecule has 0 heterocycles. The van der Waals surface area contributed by atoms with Crippen molar-refractivity contribution in [3.63, 3.8) is 0 Å². The Morgan fingerprint density at radius 3 is 2.27 bits per heavy atom. The molecule has 0 N–H and O–H groups in total. The van der Waals surface area contributed by atoms with E-state index in [1.54, 1.807) is 0 Å². The third-order valence-electron chi connectivity index (χ3n) is 0.708. The van der Waals surface area contributed by atoms with Gasteiger partial charge in [0.15, 0.2) is 0 Å². The summed E-state index contributed by atoms with van der Waals surface area (Å²) >= 11 is 0. The molecule has 0 aromatic carbocycles. The van der Waals surface area contributed by atoms with Gasteiger partial charge in [-0.2, -0.15) is 0 Å². The Balaban J connectivity index is -0.000000405. The maximum Gasteiger partial charge on any atom is 1.00 e. The van der Waals surface area contributed by atoms with Crippen LogP contribution in [0.4, 0.5) is 0 Å². The van der Waals surface area contributed by atoms with E-state index in [9.17, 15) is 9.59 Å². The summed E-state index contributed by atoms with van der Waals surface area (Å²) in [5, 5.41) is 0. The van der Waals surface area contributed by atoms with Crippen molar-refractivity contribution in [2.24, 2.45) is 0 Å². The van der Waals surface area contributed by atoms with Crippen molar-refractivity contribution in [1.82, 2.24) is 0 Å². The number of ether oxygens (including phenoxy) is 1. The van der Waals surface area contributed by atoms with E-state index in [-0.39, 0.29) is 36.6 Å². The van der Waals surface area contributed by atoms with Gasteiger partial charge in [-0.05, 0) is 6.92 Å². The largest absolute Gasteiger partial charge is 1.00 e. The molecule has 3 nitrogen and oxygen atoms in total. The predicted octanol–water partition coefficient (Wildman–Crippen LogP) is -2.07. The third-order valence-corrected chi connectivity index (χ3v) is 0.708. The van der Waals surface area contributed by atoms with E-state index >= 15 is 0 Å². The summed E-state index contributed by atoms with van der Waals surface area (Å²) in [6.45, 7) is 7.85. The molecule has 0 saturated heterocycles. The van der Waals surface area contributed by atoms with Crippen molar-refractivity contribution in [2.75, 3.05) is 0 Å². The van der Waals surface area contributed by atoms with Crippen LogP contribution in [0.15, 0.2) is 24.8 Å². The molecule has 4 heteroatoms. The number of esters is 2. The van der Waals surface area contributed by atoms with Crippen LogP contribution in [0.2, 0.25) is 0 Å². The Kier molecular flexibility index (Phi) is 7.62. The number of hydrogen-bond acceptors (Lipinski definition) is 3. The molecule has 0 amide bonds. The second-order valence-electron chi connectivity index (χ2n) is 1.69. The number of rotatable bonds is 2. The van der Waals surface area contributed by atoms with E-state index in [0.29, 0.717) is 0 Å². The first kappa shape index (κ1) is 13.2. The second-order valence-corrected chi connectivity index (χ2v) is 1.69. The molecule has 56 valence electrons. The summed E-state index contributed by atoms with van der Waals surface area (Å²) in [5.41, 5.74) is 0.190. The molecule has 0 aromatic rings. The summed E-state index contributed by atoms with van der Waals surface area (Å²) in [4.78, 5) is 20.8. The van der Waals surface area contributed by atoms with Crippen molar-refractivity contribution in [2.45, 2.75) is 6.92 Å². The fraction of sp³-hybridized carbons (Fsp3) is 0.143. The molecule has 11 heavy (non-hydrogen) atoms. The van der Waals surface area contributed by atoms with E-state index in [4.69, 9.17) is 0 Å². The zero-order valence-corrected chi connectivity index (χ0v) is 8.72. The predicted molar refractivity (Wildman–Crippen MR) is 37.2 cm³/mol. The van der Waals surface area contributed by atoms with Gasteiger partial charge >= 0.3 is 41.5 Å². The molecule has 0 unspecified atom stereocenters. The van der Waals surface area contributed by atoms with Gasteiger partial charge in [-0.3, -0.25) is 0 Å². The minimum Gasteiger partial charge on any atom is -1.00 e. The van der Waals surface area contributed by atoms with Crippen LogP contribution < -0.4 is 29.6 Å². The molecule has 0 atom stereocenters. The first-order valence-electron chi connectivity index (χ1n) is 2.62. The van der Waals surface area contributed by atoms with Gasteiger partial charge in [0.2, 0.25) is 0 Å². The topological polar surface area (TPSA) is 43.4 Å². The smallest absolute Gasteiger partial charge is 1.00 e. The van der Waals surface area contributed by atoms with Gasteiger partial charge in [-0.1, -0.05) is 13.2 Å². The molecule has 0 radical (unpaired) electrons. The Morgan fingerprint density at radius 1 is 1.55 bits per heavy atom. The van der Waals surface area contributed by atoms with E-state index in [2.05, 4.69) is 17.9 Å². The summed E-state index contributed by atoms with van der Waals surface area (Å²) < 4.78 is 4.17. The van der Waals surface area contributed by atoms with Crippen LogP contribution in [-0.4, -0.2) is 11.9 Å². The molecule has 0 saturated carbocycles. The molecule has 0 rings (SSSR count). The van der Waals surface area contributed by atoms with Crippen molar-refractivity contribution in [3.8, 4) is 0 Å². The van der Waals surface area contributed by atoms with Crippen LogP contribution in [0.3, 0.4) is 0 Å². The van der Waals surface area contributed by atoms with Crippen molar-refractivity contribution in [1.29, 1.82) is 0 Å². The minimum absolute atomic E-state index is 0. The first-order valence-corrected chi connectivity index (χ1v) is 2.62. The molecule has 0 fully saturated rings. The van der Waals surface area contributed by atoms with Gasteiger partial charge in [0.25, 0.3) is 0 Å². The summed E-state index contributed by atoms with van der Waals surface area (Å²) in [7, 11) is 0. The van der Waals surface area contributed by atoms with Gasteiger partial charge in [0, 0.05) is 11.6 Å². The molecule has 0 aromatic heterocycles. The van der Waals surface area contributed by atoms with E-state index in [1.807, 2.05) is 0 Å².